The Morgan fingerprint density at radius 1 is 0.935 bits per heavy atom. The molecular weight excluding hydrogens is 420 g/mol. The van der Waals surface area contributed by atoms with E-state index in [0.717, 1.165) is 0 Å². The Balaban J connectivity index is 1.83. The van der Waals surface area contributed by atoms with Crippen LogP contribution in [0, 0.1) is 0 Å². The molecule has 7 nitrogen and oxygen atoms in total. The van der Waals surface area contributed by atoms with E-state index in [1.807, 2.05) is 0 Å². The Hall–Kier alpha value is -3.84. The first-order valence-corrected chi connectivity index (χ1v) is 9.57. The predicted octanol–water partition coefficient (Wildman–Crippen LogP) is 3.98. The smallest absolute Gasteiger partial charge is 0.339 e. The van der Waals surface area contributed by atoms with Crippen molar-refractivity contribution in [2.24, 2.45) is 5.73 Å². The van der Waals surface area contributed by atoms with Gasteiger partial charge in [-0.2, -0.15) is 0 Å². The van der Waals surface area contributed by atoms with Crippen molar-refractivity contribution in [2.75, 3.05) is 12.4 Å². The van der Waals surface area contributed by atoms with Crippen LogP contribution in [-0.4, -0.2) is 24.9 Å². The summed E-state index contributed by atoms with van der Waals surface area (Å²) in [6.45, 7) is 0. The molecule has 0 heterocycles. The van der Waals surface area contributed by atoms with Crippen molar-refractivity contribution in [3.63, 3.8) is 0 Å². The van der Waals surface area contributed by atoms with Gasteiger partial charge in [0.05, 0.1) is 17.7 Å². The summed E-state index contributed by atoms with van der Waals surface area (Å²) in [5, 5.41) is 3.02. The molecule has 0 bridgehead atoms. The molecule has 3 N–H and O–H groups in total. The summed E-state index contributed by atoms with van der Waals surface area (Å²) in [6.07, 6.45) is -1.22. The Labute approximate surface area is 183 Å². The van der Waals surface area contributed by atoms with Gasteiger partial charge in [0, 0.05) is 16.8 Å². The second kappa shape index (κ2) is 9.77. The van der Waals surface area contributed by atoms with Gasteiger partial charge >= 0.3 is 5.97 Å². The minimum absolute atomic E-state index is 0.172. The van der Waals surface area contributed by atoms with Crippen LogP contribution in [0.15, 0.2) is 72.8 Å². The second-order valence-corrected chi connectivity index (χ2v) is 6.88. The minimum atomic E-state index is -1.22. The van der Waals surface area contributed by atoms with E-state index in [4.69, 9.17) is 26.8 Å². The van der Waals surface area contributed by atoms with E-state index in [1.54, 1.807) is 42.5 Å². The average molecular weight is 439 g/mol. The lowest BCUT2D eigenvalue weighted by atomic mass is 10.1. The maximum absolute atomic E-state index is 13.0. The molecule has 0 aliphatic carbocycles. The van der Waals surface area contributed by atoms with Crippen LogP contribution in [0.1, 0.15) is 32.4 Å². The van der Waals surface area contributed by atoms with Gasteiger partial charge in [-0.25, -0.2) is 4.79 Å². The number of anilines is 1. The largest absolute Gasteiger partial charge is 0.495 e. The number of ether oxygens (including phenoxy) is 2. The fourth-order valence-electron chi connectivity index (χ4n) is 2.80. The highest BCUT2D eigenvalue weighted by atomic mass is 35.5. The Bertz CT molecular complexity index is 1100. The van der Waals surface area contributed by atoms with E-state index in [0.29, 0.717) is 22.0 Å². The number of esters is 1. The molecule has 0 aliphatic heterocycles. The maximum Gasteiger partial charge on any atom is 0.339 e. The van der Waals surface area contributed by atoms with Crippen LogP contribution in [0.2, 0.25) is 5.02 Å². The third kappa shape index (κ3) is 5.40. The first-order valence-electron chi connectivity index (χ1n) is 9.19. The number of primary amides is 1. The number of methoxy groups -OCH3 is 1. The van der Waals surface area contributed by atoms with Crippen molar-refractivity contribution >= 4 is 35.1 Å². The number of hydrogen-bond acceptors (Lipinski definition) is 5. The summed E-state index contributed by atoms with van der Waals surface area (Å²) >= 11 is 6.11. The zero-order valence-electron chi connectivity index (χ0n) is 16.5. The third-order valence-corrected chi connectivity index (χ3v) is 4.69. The van der Waals surface area contributed by atoms with Crippen molar-refractivity contribution in [1.29, 1.82) is 0 Å². The number of carbonyl (C=O) groups is 3. The maximum atomic E-state index is 13.0. The van der Waals surface area contributed by atoms with Crippen LogP contribution in [0.4, 0.5) is 5.69 Å². The Kier molecular flexibility index (Phi) is 6.89. The highest BCUT2D eigenvalue weighted by Gasteiger charge is 2.26. The van der Waals surface area contributed by atoms with Crippen LogP contribution < -0.4 is 15.8 Å². The van der Waals surface area contributed by atoms with E-state index in [-0.39, 0.29) is 11.1 Å². The molecular formula is C23H19ClN2O5. The molecule has 158 valence electrons. The molecule has 0 fully saturated rings. The van der Waals surface area contributed by atoms with Crippen molar-refractivity contribution in [1.82, 2.24) is 0 Å². The van der Waals surface area contributed by atoms with Crippen LogP contribution in [0.3, 0.4) is 0 Å². The van der Waals surface area contributed by atoms with Crippen molar-refractivity contribution in [3.05, 3.63) is 94.5 Å². The van der Waals surface area contributed by atoms with Crippen molar-refractivity contribution in [2.45, 2.75) is 6.10 Å². The molecule has 0 saturated heterocycles. The molecule has 0 aromatic heterocycles. The van der Waals surface area contributed by atoms with E-state index < -0.39 is 23.9 Å². The van der Waals surface area contributed by atoms with E-state index in [1.165, 1.54) is 37.4 Å². The highest BCUT2D eigenvalue weighted by molar-refractivity contribution is 6.32. The van der Waals surface area contributed by atoms with E-state index in [9.17, 15) is 14.4 Å². The molecule has 1 atom stereocenters. The monoisotopic (exact) mass is 438 g/mol. The van der Waals surface area contributed by atoms with Crippen molar-refractivity contribution < 1.29 is 23.9 Å². The van der Waals surface area contributed by atoms with Gasteiger partial charge in [0.25, 0.3) is 5.91 Å². The lowest BCUT2D eigenvalue weighted by Gasteiger charge is -2.18. The van der Waals surface area contributed by atoms with Gasteiger partial charge in [-0.15, -0.1) is 0 Å². The molecule has 0 aliphatic rings. The molecule has 2 amide bonds. The van der Waals surface area contributed by atoms with Gasteiger partial charge in [-0.1, -0.05) is 41.9 Å². The van der Waals surface area contributed by atoms with Crippen LogP contribution >= 0.6 is 11.6 Å². The Morgan fingerprint density at radius 3 is 2.16 bits per heavy atom. The number of hydrogen-bond donors (Lipinski definition) is 2. The fourth-order valence-corrected chi connectivity index (χ4v) is 3.06. The molecule has 8 heteroatoms. The number of rotatable bonds is 7. The number of halogens is 1. The normalized spacial score (nSPS) is 11.3. The first kappa shape index (κ1) is 21.9. The van der Waals surface area contributed by atoms with E-state index >= 15 is 0 Å². The summed E-state index contributed by atoms with van der Waals surface area (Å²) in [5.41, 5.74) is 6.54. The lowest BCUT2D eigenvalue weighted by molar-refractivity contribution is -0.125. The third-order valence-electron chi connectivity index (χ3n) is 4.39. The quantitative estimate of drug-likeness (QED) is 0.542. The Morgan fingerprint density at radius 2 is 1.58 bits per heavy atom. The molecule has 3 rings (SSSR count). The zero-order chi connectivity index (χ0) is 22.4. The minimum Gasteiger partial charge on any atom is -0.495 e. The summed E-state index contributed by atoms with van der Waals surface area (Å²) < 4.78 is 10.6. The number of carbonyl (C=O) groups excluding carboxylic acids is 3. The SMILES string of the molecule is COc1ccc(NC(=O)C(OC(=O)c2ccc(C(N)=O)cc2)c2ccccc2)cc1Cl. The second-order valence-electron chi connectivity index (χ2n) is 6.48. The zero-order valence-corrected chi connectivity index (χ0v) is 17.3. The highest BCUT2D eigenvalue weighted by Crippen LogP contribution is 2.28. The summed E-state index contributed by atoms with van der Waals surface area (Å²) in [6, 6.07) is 19.0. The summed E-state index contributed by atoms with van der Waals surface area (Å²) in [5.74, 6) is -1.44. The van der Waals surface area contributed by atoms with Gasteiger partial charge in [-0.3, -0.25) is 9.59 Å². The van der Waals surface area contributed by atoms with Crippen molar-refractivity contribution in [3.8, 4) is 5.75 Å². The number of nitrogens with two attached hydrogens (primary N) is 1. The van der Waals surface area contributed by atoms with E-state index in [2.05, 4.69) is 5.32 Å². The molecule has 0 spiro atoms. The van der Waals surface area contributed by atoms with Crippen LogP contribution in [0.25, 0.3) is 0 Å². The molecule has 31 heavy (non-hydrogen) atoms. The summed E-state index contributed by atoms with van der Waals surface area (Å²) in [4.78, 5) is 36.8. The van der Waals surface area contributed by atoms with Gasteiger partial charge in [0.15, 0.2) is 0 Å². The average Bonchev–Trinajstić information content (AvgIpc) is 2.78. The number of nitrogens with one attached hydrogen (secondary N) is 1. The predicted molar refractivity (Wildman–Crippen MR) is 116 cm³/mol. The first-order chi connectivity index (χ1) is 14.9. The molecule has 0 radical (unpaired) electrons. The van der Waals surface area contributed by atoms with Crippen LogP contribution in [-0.2, 0) is 9.53 Å². The van der Waals surface area contributed by atoms with Gasteiger partial charge in [0.2, 0.25) is 12.0 Å². The standard InChI is InChI=1S/C23H19ClN2O5/c1-30-19-12-11-17(13-18(19)24)26-22(28)20(14-5-3-2-4-6-14)31-23(29)16-9-7-15(8-10-16)21(25)27/h2-13,20H,1H3,(H2,25,27)(H,26,28). The molecule has 0 saturated carbocycles. The number of benzene rings is 3. The van der Waals surface area contributed by atoms with Crippen LogP contribution in [0.5, 0.6) is 5.75 Å². The molecule has 3 aromatic rings. The van der Waals surface area contributed by atoms with Gasteiger partial charge < -0.3 is 20.5 Å². The van der Waals surface area contributed by atoms with Gasteiger partial charge in [0.1, 0.15) is 5.75 Å². The topological polar surface area (TPSA) is 108 Å². The fraction of sp³-hybridized carbons (Fsp3) is 0.0870. The lowest BCUT2D eigenvalue weighted by Crippen LogP contribution is -2.26. The molecule has 3 aromatic carbocycles. The molecule has 1 unspecified atom stereocenters. The van der Waals surface area contributed by atoms with Gasteiger partial charge in [-0.05, 0) is 42.5 Å². The summed E-state index contributed by atoms with van der Waals surface area (Å²) in [7, 11) is 1.49. The number of amides is 2.